The largest absolute Gasteiger partial charge is 0.480 e. The molecule has 0 saturated carbocycles. The summed E-state index contributed by atoms with van der Waals surface area (Å²) >= 11 is 0. The van der Waals surface area contributed by atoms with Crippen molar-refractivity contribution in [1.82, 2.24) is 14.7 Å². The number of carbonyl (C=O) groups excluding carboxylic acids is 1. The Morgan fingerprint density at radius 3 is 2.59 bits per heavy atom. The minimum Gasteiger partial charge on any atom is -0.480 e. The minimum absolute atomic E-state index is 0.144. The number of carboxylic acid groups (broad SMARTS) is 1. The molecular weight excluding hydrogens is 286 g/mol. The van der Waals surface area contributed by atoms with Gasteiger partial charge in [-0.1, -0.05) is 0 Å². The topological polar surface area (TPSA) is 84.7 Å². The molecule has 1 fully saturated rings. The Labute approximate surface area is 129 Å². The van der Waals surface area contributed by atoms with Crippen LogP contribution in [-0.2, 0) is 27.8 Å². The zero-order valence-corrected chi connectivity index (χ0v) is 13.5. The van der Waals surface area contributed by atoms with Crippen LogP contribution in [0.5, 0.6) is 0 Å². The van der Waals surface area contributed by atoms with Crippen LogP contribution in [0.3, 0.4) is 0 Å². The van der Waals surface area contributed by atoms with Crippen LogP contribution in [0.1, 0.15) is 29.8 Å². The van der Waals surface area contributed by atoms with E-state index in [1.807, 2.05) is 20.9 Å². The molecule has 0 spiro atoms. The molecule has 1 aromatic heterocycles. The van der Waals surface area contributed by atoms with Crippen LogP contribution in [0.25, 0.3) is 0 Å². The fourth-order valence-corrected chi connectivity index (χ4v) is 3.03. The third-order valence-electron chi connectivity index (χ3n) is 4.45. The van der Waals surface area contributed by atoms with Crippen LogP contribution < -0.4 is 0 Å². The summed E-state index contributed by atoms with van der Waals surface area (Å²) in [6, 6.07) is -0.784. The number of aryl methyl sites for hydroxylation is 2. The molecule has 7 nitrogen and oxygen atoms in total. The summed E-state index contributed by atoms with van der Waals surface area (Å²) in [5.41, 5.74) is 3.01. The van der Waals surface area contributed by atoms with Gasteiger partial charge in [-0.3, -0.25) is 9.48 Å². The lowest BCUT2D eigenvalue weighted by molar-refractivity contribution is -0.148. The molecule has 2 heterocycles. The Balaban J connectivity index is 2.03. The molecule has 2 rings (SSSR count). The molecule has 1 aromatic rings. The summed E-state index contributed by atoms with van der Waals surface area (Å²) in [7, 11) is 3.41. The number of rotatable bonds is 5. The number of amides is 1. The predicted molar refractivity (Wildman–Crippen MR) is 79.6 cm³/mol. The van der Waals surface area contributed by atoms with Gasteiger partial charge in [0.2, 0.25) is 5.91 Å². The molecule has 2 atom stereocenters. The fraction of sp³-hybridized carbons (Fsp3) is 0.667. The number of hydrogen-bond donors (Lipinski definition) is 1. The van der Waals surface area contributed by atoms with Crippen LogP contribution in [0.15, 0.2) is 0 Å². The van der Waals surface area contributed by atoms with Gasteiger partial charge in [-0.25, -0.2) is 4.79 Å². The summed E-state index contributed by atoms with van der Waals surface area (Å²) in [4.78, 5) is 25.1. The second-order valence-electron chi connectivity index (χ2n) is 5.77. The number of ether oxygens (including phenoxy) is 1. The molecule has 1 amide bonds. The molecule has 0 bridgehead atoms. The molecule has 1 aliphatic heterocycles. The summed E-state index contributed by atoms with van der Waals surface area (Å²) in [5, 5.41) is 13.6. The first-order valence-corrected chi connectivity index (χ1v) is 7.39. The quantitative estimate of drug-likeness (QED) is 0.864. The number of methoxy groups -OCH3 is 1. The van der Waals surface area contributed by atoms with Crippen molar-refractivity contribution in [3.63, 3.8) is 0 Å². The Bertz CT molecular complexity index is 582. The maximum atomic E-state index is 12.4. The van der Waals surface area contributed by atoms with Crippen molar-refractivity contribution < 1.29 is 19.4 Å². The monoisotopic (exact) mass is 309 g/mol. The van der Waals surface area contributed by atoms with Crippen molar-refractivity contribution in [3.8, 4) is 0 Å². The van der Waals surface area contributed by atoms with E-state index in [1.54, 1.807) is 11.8 Å². The molecule has 22 heavy (non-hydrogen) atoms. The smallest absolute Gasteiger partial charge is 0.326 e. The van der Waals surface area contributed by atoms with Gasteiger partial charge < -0.3 is 14.7 Å². The number of hydrogen-bond acceptors (Lipinski definition) is 4. The molecule has 0 aliphatic carbocycles. The van der Waals surface area contributed by atoms with E-state index in [2.05, 4.69) is 5.10 Å². The zero-order valence-electron chi connectivity index (χ0n) is 13.5. The lowest BCUT2D eigenvalue weighted by atomic mass is 10.1. The number of likely N-dealkylation sites (tertiary alicyclic amines) is 1. The van der Waals surface area contributed by atoms with Gasteiger partial charge in [0.05, 0.1) is 11.8 Å². The Morgan fingerprint density at radius 2 is 2.09 bits per heavy atom. The van der Waals surface area contributed by atoms with E-state index < -0.39 is 12.0 Å². The first-order chi connectivity index (χ1) is 10.3. The summed E-state index contributed by atoms with van der Waals surface area (Å²) in [5.74, 6) is -1.11. The molecule has 0 aromatic carbocycles. The van der Waals surface area contributed by atoms with E-state index in [-0.39, 0.29) is 18.4 Å². The van der Waals surface area contributed by atoms with E-state index in [1.165, 1.54) is 4.90 Å². The number of carboxylic acids is 1. The SMILES string of the molecule is COC1CC(C(=O)O)N(C(=O)CCc2c(C)nn(C)c2C)C1. The van der Waals surface area contributed by atoms with Crippen molar-refractivity contribution >= 4 is 11.9 Å². The maximum absolute atomic E-state index is 12.4. The average Bonchev–Trinajstić information content (AvgIpc) is 3.00. The fourth-order valence-electron chi connectivity index (χ4n) is 3.03. The van der Waals surface area contributed by atoms with Crippen molar-refractivity contribution in [2.45, 2.75) is 45.3 Å². The second kappa shape index (κ2) is 6.48. The van der Waals surface area contributed by atoms with Crippen molar-refractivity contribution in [1.29, 1.82) is 0 Å². The van der Waals surface area contributed by atoms with E-state index in [4.69, 9.17) is 4.74 Å². The molecule has 1 saturated heterocycles. The third-order valence-corrected chi connectivity index (χ3v) is 4.45. The van der Waals surface area contributed by atoms with Crippen LogP contribution in [-0.4, -0.2) is 57.5 Å². The lowest BCUT2D eigenvalue weighted by Gasteiger charge is -2.21. The van der Waals surface area contributed by atoms with Gasteiger partial charge in [0, 0.05) is 39.2 Å². The Morgan fingerprint density at radius 1 is 1.41 bits per heavy atom. The van der Waals surface area contributed by atoms with Gasteiger partial charge >= 0.3 is 5.97 Å². The molecule has 0 radical (unpaired) electrons. The Kier molecular flexibility index (Phi) is 4.85. The highest BCUT2D eigenvalue weighted by atomic mass is 16.5. The first-order valence-electron chi connectivity index (χ1n) is 7.39. The lowest BCUT2D eigenvalue weighted by Crippen LogP contribution is -2.40. The first kappa shape index (κ1) is 16.5. The van der Waals surface area contributed by atoms with Crippen LogP contribution in [0.2, 0.25) is 0 Å². The van der Waals surface area contributed by atoms with E-state index >= 15 is 0 Å². The maximum Gasteiger partial charge on any atom is 0.326 e. The zero-order chi connectivity index (χ0) is 16.4. The molecule has 2 unspecified atom stereocenters. The van der Waals surface area contributed by atoms with Gasteiger partial charge in [0.25, 0.3) is 0 Å². The van der Waals surface area contributed by atoms with Crippen LogP contribution in [0, 0.1) is 13.8 Å². The molecule has 1 aliphatic rings. The molecule has 7 heteroatoms. The van der Waals surface area contributed by atoms with Gasteiger partial charge in [-0.2, -0.15) is 5.10 Å². The summed E-state index contributed by atoms with van der Waals surface area (Å²) in [6.07, 6.45) is 1.01. The van der Waals surface area contributed by atoms with E-state index in [9.17, 15) is 14.7 Å². The number of aromatic nitrogens is 2. The summed E-state index contributed by atoms with van der Waals surface area (Å²) in [6.45, 7) is 4.23. The third kappa shape index (κ3) is 3.14. The van der Waals surface area contributed by atoms with Gasteiger partial charge in [-0.05, 0) is 25.8 Å². The number of carbonyl (C=O) groups is 2. The normalized spacial score (nSPS) is 21.4. The average molecular weight is 309 g/mol. The number of nitrogens with zero attached hydrogens (tertiary/aromatic N) is 3. The van der Waals surface area contributed by atoms with Gasteiger partial charge in [0.15, 0.2) is 0 Å². The van der Waals surface area contributed by atoms with Gasteiger partial charge in [-0.15, -0.1) is 0 Å². The Hall–Kier alpha value is -1.89. The molecule has 1 N–H and O–H groups in total. The van der Waals surface area contributed by atoms with E-state index in [0.29, 0.717) is 19.4 Å². The second-order valence-corrected chi connectivity index (χ2v) is 5.77. The van der Waals surface area contributed by atoms with Crippen molar-refractivity contribution in [2.24, 2.45) is 7.05 Å². The molecule has 122 valence electrons. The summed E-state index contributed by atoms with van der Waals surface area (Å²) < 4.78 is 7.00. The minimum atomic E-state index is -0.971. The standard InChI is InChI=1S/C15H23N3O4/c1-9-12(10(2)17(3)16-9)5-6-14(19)18-8-11(22-4)7-13(18)15(20)21/h11,13H,5-8H2,1-4H3,(H,20,21). The van der Waals surface area contributed by atoms with Gasteiger partial charge in [0.1, 0.15) is 6.04 Å². The van der Waals surface area contributed by atoms with Crippen molar-refractivity contribution in [2.75, 3.05) is 13.7 Å². The highest BCUT2D eigenvalue weighted by Crippen LogP contribution is 2.22. The number of aliphatic carboxylic acids is 1. The molecular formula is C15H23N3O4. The van der Waals surface area contributed by atoms with E-state index in [0.717, 1.165) is 17.0 Å². The van der Waals surface area contributed by atoms with Crippen molar-refractivity contribution in [3.05, 3.63) is 17.0 Å². The van der Waals surface area contributed by atoms with Crippen LogP contribution >= 0.6 is 0 Å². The highest BCUT2D eigenvalue weighted by molar-refractivity contribution is 5.84. The highest BCUT2D eigenvalue weighted by Gasteiger charge is 2.39. The predicted octanol–water partition coefficient (Wildman–Crippen LogP) is 0.670. The van der Waals surface area contributed by atoms with Crippen LogP contribution in [0.4, 0.5) is 0 Å².